The highest BCUT2D eigenvalue weighted by Crippen LogP contribution is 2.31. The third kappa shape index (κ3) is 6.01. The fourth-order valence-corrected chi connectivity index (χ4v) is 3.99. The summed E-state index contributed by atoms with van der Waals surface area (Å²) < 4.78 is 38.8. The fourth-order valence-electron chi connectivity index (χ4n) is 2.95. The quantitative estimate of drug-likeness (QED) is 0.550. The van der Waals surface area contributed by atoms with Crippen LogP contribution in [0.25, 0.3) is 11.1 Å². The molecule has 7 nitrogen and oxygen atoms in total. The van der Waals surface area contributed by atoms with Gasteiger partial charge in [-0.15, -0.1) is 0 Å². The van der Waals surface area contributed by atoms with Crippen molar-refractivity contribution in [1.29, 1.82) is 0 Å². The number of para-hydroxylation sites is 1. The topological polar surface area (TPSA) is 93.7 Å². The maximum Gasteiger partial charge on any atom is 0.329 e. The highest BCUT2D eigenvalue weighted by Gasteiger charge is 2.24. The number of rotatable bonds is 6. The standard InChI is InChI=1S/C24H26N2O5S/c1-24(2,3)25-23(27)26-32(28,29)22-11-6-5-10-21(22)31-20-9-7-8-18(16-20)17-12-14-19(30-4)15-13-17/h5-16H,1-4H3,(H2,25,26,27). The second kappa shape index (κ2) is 9.32. The average molecular weight is 455 g/mol. The molecule has 3 aromatic rings. The van der Waals surface area contributed by atoms with Gasteiger partial charge in [0.05, 0.1) is 7.11 Å². The van der Waals surface area contributed by atoms with Crippen LogP contribution in [0.4, 0.5) is 4.79 Å². The van der Waals surface area contributed by atoms with Crippen LogP contribution in [-0.2, 0) is 10.0 Å². The number of urea groups is 1. The summed E-state index contributed by atoms with van der Waals surface area (Å²) in [5.41, 5.74) is 1.27. The Morgan fingerprint density at radius 3 is 2.19 bits per heavy atom. The molecule has 0 atom stereocenters. The second-order valence-corrected chi connectivity index (χ2v) is 9.77. The molecule has 0 aliphatic rings. The number of hydrogen-bond donors (Lipinski definition) is 2. The summed E-state index contributed by atoms with van der Waals surface area (Å²) in [4.78, 5) is 12.0. The van der Waals surface area contributed by atoms with Crippen molar-refractivity contribution in [1.82, 2.24) is 10.0 Å². The summed E-state index contributed by atoms with van der Waals surface area (Å²) in [7, 11) is -2.55. The lowest BCUT2D eigenvalue weighted by Gasteiger charge is -2.21. The number of benzene rings is 3. The second-order valence-electron chi connectivity index (χ2n) is 8.11. The molecule has 32 heavy (non-hydrogen) atoms. The summed E-state index contributed by atoms with van der Waals surface area (Å²) in [6, 6.07) is 20.2. The Bertz CT molecular complexity index is 1200. The van der Waals surface area contributed by atoms with Crippen LogP contribution in [0, 0.1) is 0 Å². The smallest absolute Gasteiger partial charge is 0.329 e. The number of carbonyl (C=O) groups is 1. The molecule has 0 unspecified atom stereocenters. The van der Waals surface area contributed by atoms with Crippen LogP contribution in [-0.4, -0.2) is 27.1 Å². The lowest BCUT2D eigenvalue weighted by Crippen LogP contribution is -2.48. The number of sulfonamides is 1. The molecule has 0 fully saturated rings. The third-order valence-corrected chi connectivity index (χ3v) is 5.71. The molecule has 3 aromatic carbocycles. The first-order valence-electron chi connectivity index (χ1n) is 9.94. The fraction of sp³-hybridized carbons (Fsp3) is 0.208. The van der Waals surface area contributed by atoms with Crippen molar-refractivity contribution in [2.45, 2.75) is 31.2 Å². The third-order valence-electron chi connectivity index (χ3n) is 4.34. The van der Waals surface area contributed by atoms with E-state index < -0.39 is 21.6 Å². The summed E-state index contributed by atoms with van der Waals surface area (Å²) in [5.74, 6) is 1.32. The van der Waals surface area contributed by atoms with E-state index in [-0.39, 0.29) is 10.6 Å². The average Bonchev–Trinajstić information content (AvgIpc) is 2.72. The Kier molecular flexibility index (Phi) is 6.74. The molecule has 0 spiro atoms. The van der Waals surface area contributed by atoms with Gasteiger partial charge in [-0.3, -0.25) is 0 Å². The zero-order valence-electron chi connectivity index (χ0n) is 18.4. The molecule has 0 saturated heterocycles. The Morgan fingerprint density at radius 1 is 0.844 bits per heavy atom. The van der Waals surface area contributed by atoms with Gasteiger partial charge >= 0.3 is 6.03 Å². The van der Waals surface area contributed by atoms with E-state index in [4.69, 9.17) is 9.47 Å². The van der Waals surface area contributed by atoms with Gasteiger partial charge in [-0.25, -0.2) is 17.9 Å². The monoisotopic (exact) mass is 454 g/mol. The van der Waals surface area contributed by atoms with Crippen LogP contribution >= 0.6 is 0 Å². The number of carbonyl (C=O) groups excluding carboxylic acids is 1. The number of nitrogens with one attached hydrogen (secondary N) is 2. The maximum atomic E-state index is 12.8. The SMILES string of the molecule is COc1ccc(-c2cccc(Oc3ccccc3S(=O)(=O)NC(=O)NC(C)(C)C)c2)cc1. The first-order valence-corrected chi connectivity index (χ1v) is 11.4. The van der Waals surface area contributed by atoms with Crippen molar-refractivity contribution < 1.29 is 22.7 Å². The van der Waals surface area contributed by atoms with Crippen molar-refractivity contribution in [3.05, 3.63) is 72.8 Å². The van der Waals surface area contributed by atoms with Crippen LogP contribution in [0.1, 0.15) is 20.8 Å². The van der Waals surface area contributed by atoms with Gasteiger partial charge in [-0.05, 0) is 68.3 Å². The highest BCUT2D eigenvalue weighted by molar-refractivity contribution is 7.90. The molecule has 168 valence electrons. The molecular formula is C24H26N2O5S. The molecule has 0 radical (unpaired) electrons. The highest BCUT2D eigenvalue weighted by atomic mass is 32.2. The van der Waals surface area contributed by atoms with Gasteiger partial charge in [-0.1, -0.05) is 36.4 Å². The minimum absolute atomic E-state index is 0.107. The Hall–Kier alpha value is -3.52. The molecule has 2 amide bonds. The number of methoxy groups -OCH3 is 1. The molecule has 3 rings (SSSR count). The summed E-state index contributed by atoms with van der Waals surface area (Å²) in [6.07, 6.45) is 0. The van der Waals surface area contributed by atoms with Gasteiger partial charge in [0.1, 0.15) is 22.1 Å². The Labute approximate surface area is 188 Å². The predicted octanol–water partition coefficient (Wildman–Crippen LogP) is 4.94. The van der Waals surface area contributed by atoms with Gasteiger partial charge in [0.2, 0.25) is 0 Å². The van der Waals surface area contributed by atoms with Crippen molar-refractivity contribution in [3.8, 4) is 28.4 Å². The Morgan fingerprint density at radius 2 is 1.53 bits per heavy atom. The Balaban J connectivity index is 1.85. The molecular weight excluding hydrogens is 428 g/mol. The van der Waals surface area contributed by atoms with E-state index in [1.165, 1.54) is 12.1 Å². The predicted molar refractivity (Wildman–Crippen MR) is 124 cm³/mol. The minimum atomic E-state index is -4.15. The lowest BCUT2D eigenvalue weighted by molar-refractivity contribution is 0.237. The maximum absolute atomic E-state index is 12.8. The normalized spacial score (nSPS) is 11.5. The number of amides is 2. The first-order chi connectivity index (χ1) is 15.1. The zero-order chi connectivity index (χ0) is 23.4. The van der Waals surface area contributed by atoms with Gasteiger partial charge in [-0.2, -0.15) is 0 Å². The van der Waals surface area contributed by atoms with E-state index in [1.54, 1.807) is 46.1 Å². The van der Waals surface area contributed by atoms with E-state index >= 15 is 0 Å². The summed E-state index contributed by atoms with van der Waals surface area (Å²) in [5, 5.41) is 2.57. The van der Waals surface area contributed by atoms with E-state index in [0.29, 0.717) is 5.75 Å². The number of ether oxygens (including phenoxy) is 2. The van der Waals surface area contributed by atoms with Gasteiger partial charge in [0.25, 0.3) is 10.0 Å². The molecule has 0 aliphatic carbocycles. The first kappa shape index (κ1) is 23.1. The van der Waals surface area contributed by atoms with Gasteiger partial charge in [0.15, 0.2) is 0 Å². The molecule has 0 saturated carbocycles. The summed E-state index contributed by atoms with van der Waals surface area (Å²) >= 11 is 0. The molecule has 0 heterocycles. The van der Waals surface area contributed by atoms with Crippen LogP contribution in [0.2, 0.25) is 0 Å². The molecule has 0 aromatic heterocycles. The van der Waals surface area contributed by atoms with E-state index in [2.05, 4.69) is 5.32 Å². The molecule has 0 bridgehead atoms. The summed E-state index contributed by atoms with van der Waals surface area (Å²) in [6.45, 7) is 5.27. The van der Waals surface area contributed by atoms with E-state index in [0.717, 1.165) is 16.9 Å². The van der Waals surface area contributed by atoms with Crippen molar-refractivity contribution in [3.63, 3.8) is 0 Å². The molecule has 8 heteroatoms. The minimum Gasteiger partial charge on any atom is -0.497 e. The van der Waals surface area contributed by atoms with Crippen molar-refractivity contribution in [2.24, 2.45) is 0 Å². The van der Waals surface area contributed by atoms with Gasteiger partial charge in [0, 0.05) is 5.54 Å². The zero-order valence-corrected chi connectivity index (χ0v) is 19.2. The van der Waals surface area contributed by atoms with Crippen LogP contribution < -0.4 is 19.5 Å². The number of hydrogen-bond acceptors (Lipinski definition) is 5. The van der Waals surface area contributed by atoms with Crippen LogP contribution in [0.3, 0.4) is 0 Å². The molecule has 2 N–H and O–H groups in total. The lowest BCUT2D eigenvalue weighted by atomic mass is 10.1. The largest absolute Gasteiger partial charge is 0.497 e. The van der Waals surface area contributed by atoms with E-state index in [1.807, 2.05) is 47.2 Å². The van der Waals surface area contributed by atoms with Gasteiger partial charge < -0.3 is 14.8 Å². The molecule has 0 aliphatic heterocycles. The van der Waals surface area contributed by atoms with Crippen LogP contribution in [0.15, 0.2) is 77.7 Å². The van der Waals surface area contributed by atoms with Crippen molar-refractivity contribution in [2.75, 3.05) is 7.11 Å². The van der Waals surface area contributed by atoms with E-state index in [9.17, 15) is 13.2 Å². The van der Waals surface area contributed by atoms with Crippen LogP contribution in [0.5, 0.6) is 17.2 Å². The van der Waals surface area contributed by atoms with Crippen molar-refractivity contribution >= 4 is 16.1 Å².